The number of rotatable bonds is 1. The van der Waals surface area contributed by atoms with Crippen molar-refractivity contribution in [2.45, 2.75) is 12.5 Å². The van der Waals surface area contributed by atoms with Gasteiger partial charge in [-0.2, -0.15) is 0 Å². The first kappa shape index (κ1) is 8.32. The van der Waals surface area contributed by atoms with Crippen molar-refractivity contribution < 1.29 is 4.74 Å². The van der Waals surface area contributed by atoms with E-state index in [-0.39, 0.29) is 6.04 Å². The van der Waals surface area contributed by atoms with Gasteiger partial charge in [-0.3, -0.25) is 0 Å². The number of nitrogens with two attached hydrogens (primary N) is 1. The van der Waals surface area contributed by atoms with Crippen LogP contribution in [0.15, 0.2) is 24.8 Å². The van der Waals surface area contributed by atoms with Crippen molar-refractivity contribution in [1.29, 1.82) is 0 Å². The van der Waals surface area contributed by atoms with Crippen molar-refractivity contribution in [3.63, 3.8) is 0 Å². The molecule has 2 heteroatoms. The van der Waals surface area contributed by atoms with E-state index in [1.807, 2.05) is 18.2 Å². The minimum absolute atomic E-state index is 0.114. The van der Waals surface area contributed by atoms with Gasteiger partial charge in [-0.15, -0.1) is 0 Å². The van der Waals surface area contributed by atoms with Gasteiger partial charge in [0.25, 0.3) is 0 Å². The van der Waals surface area contributed by atoms with Crippen LogP contribution in [0.4, 0.5) is 0 Å². The zero-order valence-corrected chi connectivity index (χ0v) is 7.49. The van der Waals surface area contributed by atoms with E-state index >= 15 is 0 Å². The molecule has 1 aromatic rings. The molecule has 1 heterocycles. The lowest BCUT2D eigenvalue weighted by atomic mass is 9.98. The third kappa shape index (κ3) is 1.33. The first-order valence-electron chi connectivity index (χ1n) is 4.46. The van der Waals surface area contributed by atoms with Crippen LogP contribution >= 0.6 is 0 Å². The molecule has 1 atom stereocenters. The third-order valence-electron chi connectivity index (χ3n) is 2.37. The summed E-state index contributed by atoms with van der Waals surface area (Å²) in [6.45, 7) is 4.45. The molecule has 0 fully saturated rings. The number of benzene rings is 1. The molecule has 2 rings (SSSR count). The Labute approximate surface area is 78.0 Å². The lowest BCUT2D eigenvalue weighted by Gasteiger charge is -2.24. The molecule has 0 bridgehead atoms. The van der Waals surface area contributed by atoms with Gasteiger partial charge in [0.15, 0.2) is 0 Å². The van der Waals surface area contributed by atoms with E-state index in [2.05, 4.69) is 6.58 Å². The molecule has 13 heavy (non-hydrogen) atoms. The van der Waals surface area contributed by atoms with Gasteiger partial charge in [0.1, 0.15) is 5.75 Å². The van der Waals surface area contributed by atoms with E-state index in [4.69, 9.17) is 10.5 Å². The fourth-order valence-corrected chi connectivity index (χ4v) is 1.64. The van der Waals surface area contributed by atoms with Crippen LogP contribution in [0.1, 0.15) is 23.6 Å². The predicted octanol–water partition coefficient (Wildman–Crippen LogP) is 2.11. The van der Waals surface area contributed by atoms with Crippen LogP contribution in [0.25, 0.3) is 6.08 Å². The van der Waals surface area contributed by atoms with Crippen molar-refractivity contribution in [2.75, 3.05) is 6.61 Å². The highest BCUT2D eigenvalue weighted by Crippen LogP contribution is 2.33. The van der Waals surface area contributed by atoms with E-state index in [0.717, 1.165) is 23.3 Å². The summed E-state index contributed by atoms with van der Waals surface area (Å²) in [4.78, 5) is 0. The van der Waals surface area contributed by atoms with Crippen LogP contribution in [-0.2, 0) is 0 Å². The number of hydrogen-bond acceptors (Lipinski definition) is 2. The molecule has 0 spiro atoms. The molecule has 0 radical (unpaired) electrons. The number of fused-ring (bicyclic) bond motifs is 1. The highest BCUT2D eigenvalue weighted by molar-refractivity contribution is 5.59. The van der Waals surface area contributed by atoms with Crippen LogP contribution < -0.4 is 10.5 Å². The Bertz CT molecular complexity index is 333. The number of para-hydroxylation sites is 1. The summed E-state index contributed by atoms with van der Waals surface area (Å²) in [5.74, 6) is 0.913. The summed E-state index contributed by atoms with van der Waals surface area (Å²) < 4.78 is 5.56. The molecule has 68 valence electrons. The molecular weight excluding hydrogens is 162 g/mol. The fourth-order valence-electron chi connectivity index (χ4n) is 1.64. The zero-order chi connectivity index (χ0) is 9.26. The second-order valence-corrected chi connectivity index (χ2v) is 3.21. The summed E-state index contributed by atoms with van der Waals surface area (Å²) in [5, 5.41) is 0. The quantitative estimate of drug-likeness (QED) is 0.709. The predicted molar refractivity (Wildman–Crippen MR) is 53.6 cm³/mol. The normalized spacial score (nSPS) is 20.2. The zero-order valence-electron chi connectivity index (χ0n) is 7.49. The van der Waals surface area contributed by atoms with Crippen molar-refractivity contribution in [1.82, 2.24) is 0 Å². The molecular formula is C11H13NO. The van der Waals surface area contributed by atoms with Gasteiger partial charge in [-0.1, -0.05) is 30.9 Å². The lowest BCUT2D eigenvalue weighted by molar-refractivity contribution is 0.268. The Kier molecular flexibility index (Phi) is 2.07. The Hall–Kier alpha value is -1.28. The number of ether oxygens (including phenoxy) is 1. The molecule has 0 amide bonds. The molecule has 0 saturated heterocycles. The largest absolute Gasteiger partial charge is 0.493 e. The standard InChI is InChI=1S/C11H13NO/c1-2-8-4-3-5-9-10(12)6-7-13-11(8)9/h2-5,10H,1,6-7,12H2/t10-/m0/s1. The molecule has 2 N–H and O–H groups in total. The van der Waals surface area contributed by atoms with Gasteiger partial charge in [0.2, 0.25) is 0 Å². The van der Waals surface area contributed by atoms with Crippen molar-refractivity contribution in [3.8, 4) is 5.75 Å². The second kappa shape index (κ2) is 3.23. The summed E-state index contributed by atoms with van der Waals surface area (Å²) in [6, 6.07) is 6.11. The maximum absolute atomic E-state index is 5.96. The summed E-state index contributed by atoms with van der Waals surface area (Å²) >= 11 is 0. The van der Waals surface area contributed by atoms with E-state index < -0.39 is 0 Å². The van der Waals surface area contributed by atoms with E-state index in [1.54, 1.807) is 6.08 Å². The average molecular weight is 175 g/mol. The summed E-state index contributed by atoms with van der Waals surface area (Å²) in [7, 11) is 0. The topological polar surface area (TPSA) is 35.2 Å². The van der Waals surface area contributed by atoms with Gasteiger partial charge in [0, 0.05) is 23.6 Å². The minimum atomic E-state index is 0.114. The van der Waals surface area contributed by atoms with Crippen molar-refractivity contribution in [2.24, 2.45) is 5.73 Å². The second-order valence-electron chi connectivity index (χ2n) is 3.21. The van der Waals surface area contributed by atoms with Gasteiger partial charge in [-0.05, 0) is 0 Å². The Balaban J connectivity index is 2.54. The van der Waals surface area contributed by atoms with Gasteiger partial charge >= 0.3 is 0 Å². The van der Waals surface area contributed by atoms with E-state index in [0.29, 0.717) is 6.61 Å². The fraction of sp³-hybridized carbons (Fsp3) is 0.273. The smallest absolute Gasteiger partial charge is 0.131 e. The molecule has 2 nitrogen and oxygen atoms in total. The molecule has 0 unspecified atom stereocenters. The van der Waals surface area contributed by atoms with Crippen molar-refractivity contribution >= 4 is 6.08 Å². The minimum Gasteiger partial charge on any atom is -0.493 e. The molecule has 1 aliphatic rings. The molecule has 0 aliphatic carbocycles. The van der Waals surface area contributed by atoms with Crippen LogP contribution in [-0.4, -0.2) is 6.61 Å². The van der Waals surface area contributed by atoms with E-state index in [9.17, 15) is 0 Å². The Morgan fingerprint density at radius 3 is 3.15 bits per heavy atom. The SMILES string of the molecule is C=Cc1cccc2c1OCC[C@@H]2N. The Morgan fingerprint density at radius 1 is 1.54 bits per heavy atom. The maximum atomic E-state index is 5.96. The highest BCUT2D eigenvalue weighted by Gasteiger charge is 2.19. The highest BCUT2D eigenvalue weighted by atomic mass is 16.5. The molecule has 0 saturated carbocycles. The van der Waals surface area contributed by atoms with Crippen LogP contribution in [0.5, 0.6) is 5.75 Å². The third-order valence-corrected chi connectivity index (χ3v) is 2.37. The lowest BCUT2D eigenvalue weighted by Crippen LogP contribution is -2.20. The summed E-state index contributed by atoms with van der Waals surface area (Å²) in [5.41, 5.74) is 8.09. The first-order valence-corrected chi connectivity index (χ1v) is 4.46. The van der Waals surface area contributed by atoms with Crippen LogP contribution in [0.2, 0.25) is 0 Å². The molecule has 1 aliphatic heterocycles. The van der Waals surface area contributed by atoms with Crippen LogP contribution in [0.3, 0.4) is 0 Å². The van der Waals surface area contributed by atoms with Gasteiger partial charge in [-0.25, -0.2) is 0 Å². The average Bonchev–Trinajstić information content (AvgIpc) is 2.18. The van der Waals surface area contributed by atoms with Crippen LogP contribution in [0, 0.1) is 0 Å². The molecule has 0 aromatic heterocycles. The van der Waals surface area contributed by atoms with Gasteiger partial charge in [0.05, 0.1) is 6.61 Å². The van der Waals surface area contributed by atoms with Gasteiger partial charge < -0.3 is 10.5 Å². The summed E-state index contributed by atoms with van der Waals surface area (Å²) in [6.07, 6.45) is 2.70. The first-order chi connectivity index (χ1) is 6.33. The number of hydrogen-bond donors (Lipinski definition) is 1. The Morgan fingerprint density at radius 2 is 2.38 bits per heavy atom. The monoisotopic (exact) mass is 175 g/mol. The van der Waals surface area contributed by atoms with E-state index in [1.165, 1.54) is 0 Å². The van der Waals surface area contributed by atoms with Crippen molar-refractivity contribution in [3.05, 3.63) is 35.9 Å². The molecule has 1 aromatic carbocycles. The maximum Gasteiger partial charge on any atom is 0.131 e.